The Bertz CT molecular complexity index is 670. The standard InChI is InChI=1S/C15H16FNO/c1-4-10-7-14-12(9-13(10)16)15(18)8-11(5-2)17(14)6-3/h4,7-9H,1,5-6H2,2-3H3. The van der Waals surface area contributed by atoms with Crippen molar-refractivity contribution in [2.45, 2.75) is 26.8 Å². The van der Waals surface area contributed by atoms with E-state index in [1.807, 2.05) is 18.4 Å². The van der Waals surface area contributed by atoms with Crippen LogP contribution in [0, 0.1) is 5.82 Å². The summed E-state index contributed by atoms with van der Waals surface area (Å²) in [6.07, 6.45) is 2.25. The Morgan fingerprint density at radius 3 is 2.61 bits per heavy atom. The molecule has 2 rings (SSSR count). The molecule has 1 heterocycles. The van der Waals surface area contributed by atoms with E-state index in [1.54, 1.807) is 12.1 Å². The molecule has 0 spiro atoms. The highest BCUT2D eigenvalue weighted by molar-refractivity contribution is 5.82. The van der Waals surface area contributed by atoms with E-state index in [2.05, 4.69) is 6.58 Å². The van der Waals surface area contributed by atoms with Crippen LogP contribution in [0.5, 0.6) is 0 Å². The van der Waals surface area contributed by atoms with Gasteiger partial charge in [0, 0.05) is 29.3 Å². The Labute approximate surface area is 105 Å². The second-order valence-corrected chi connectivity index (χ2v) is 4.19. The lowest BCUT2D eigenvalue weighted by Gasteiger charge is -2.14. The van der Waals surface area contributed by atoms with E-state index in [4.69, 9.17) is 0 Å². The van der Waals surface area contributed by atoms with Crippen molar-refractivity contribution in [2.75, 3.05) is 0 Å². The van der Waals surface area contributed by atoms with Gasteiger partial charge in [0.05, 0.1) is 5.52 Å². The van der Waals surface area contributed by atoms with E-state index < -0.39 is 5.82 Å². The smallest absolute Gasteiger partial charge is 0.189 e. The van der Waals surface area contributed by atoms with Crippen molar-refractivity contribution in [3.8, 4) is 0 Å². The summed E-state index contributed by atoms with van der Waals surface area (Å²) in [7, 11) is 0. The van der Waals surface area contributed by atoms with Crippen molar-refractivity contribution in [1.29, 1.82) is 0 Å². The average molecular weight is 245 g/mol. The van der Waals surface area contributed by atoms with Crippen LogP contribution in [-0.2, 0) is 13.0 Å². The summed E-state index contributed by atoms with van der Waals surface area (Å²) in [5, 5.41) is 0.428. The molecule has 0 aliphatic carbocycles. The number of pyridine rings is 1. The number of aromatic nitrogens is 1. The monoisotopic (exact) mass is 245 g/mol. The molecule has 2 aromatic rings. The number of halogens is 1. The van der Waals surface area contributed by atoms with Gasteiger partial charge in [-0.1, -0.05) is 19.6 Å². The van der Waals surface area contributed by atoms with Gasteiger partial charge in [-0.05, 0) is 25.5 Å². The summed E-state index contributed by atoms with van der Waals surface area (Å²) in [5.41, 5.74) is 2.05. The second kappa shape index (κ2) is 4.77. The first-order valence-electron chi connectivity index (χ1n) is 6.10. The zero-order chi connectivity index (χ0) is 13.3. The zero-order valence-corrected chi connectivity index (χ0v) is 10.7. The fraction of sp³-hybridized carbons (Fsp3) is 0.267. The number of nitrogens with zero attached hydrogens (tertiary/aromatic N) is 1. The quantitative estimate of drug-likeness (QED) is 0.812. The molecule has 0 amide bonds. The first kappa shape index (κ1) is 12.6. The van der Waals surface area contributed by atoms with Crippen molar-refractivity contribution in [3.63, 3.8) is 0 Å². The molecular weight excluding hydrogens is 229 g/mol. The molecule has 94 valence electrons. The number of rotatable bonds is 3. The molecule has 3 heteroatoms. The van der Waals surface area contributed by atoms with Gasteiger partial charge in [0.15, 0.2) is 5.43 Å². The molecule has 0 atom stereocenters. The lowest BCUT2D eigenvalue weighted by Crippen LogP contribution is -2.13. The number of benzene rings is 1. The lowest BCUT2D eigenvalue weighted by molar-refractivity contribution is 0.626. The summed E-state index contributed by atoms with van der Waals surface area (Å²) >= 11 is 0. The van der Waals surface area contributed by atoms with Crippen LogP contribution in [0.1, 0.15) is 25.1 Å². The number of fused-ring (bicyclic) bond motifs is 1. The Hall–Kier alpha value is -1.90. The molecule has 0 radical (unpaired) electrons. The molecule has 1 aromatic heterocycles. The third kappa shape index (κ3) is 1.86. The van der Waals surface area contributed by atoms with Gasteiger partial charge in [0.1, 0.15) is 5.82 Å². The van der Waals surface area contributed by atoms with E-state index in [0.717, 1.165) is 24.2 Å². The predicted molar refractivity (Wildman–Crippen MR) is 73.3 cm³/mol. The highest BCUT2D eigenvalue weighted by Gasteiger charge is 2.10. The van der Waals surface area contributed by atoms with Gasteiger partial charge in [-0.25, -0.2) is 4.39 Å². The van der Waals surface area contributed by atoms with Crippen LogP contribution in [0.4, 0.5) is 4.39 Å². The number of hydrogen-bond donors (Lipinski definition) is 0. The van der Waals surface area contributed by atoms with Crippen LogP contribution in [0.3, 0.4) is 0 Å². The van der Waals surface area contributed by atoms with Crippen molar-refractivity contribution >= 4 is 17.0 Å². The Morgan fingerprint density at radius 1 is 1.33 bits per heavy atom. The van der Waals surface area contributed by atoms with Gasteiger partial charge >= 0.3 is 0 Å². The maximum absolute atomic E-state index is 13.7. The highest BCUT2D eigenvalue weighted by atomic mass is 19.1. The Morgan fingerprint density at radius 2 is 2.06 bits per heavy atom. The van der Waals surface area contributed by atoms with Gasteiger partial charge in [0.25, 0.3) is 0 Å². The number of hydrogen-bond acceptors (Lipinski definition) is 1. The molecule has 0 fully saturated rings. The van der Waals surface area contributed by atoms with Gasteiger partial charge in [-0.3, -0.25) is 4.79 Å². The summed E-state index contributed by atoms with van der Waals surface area (Å²) in [6, 6.07) is 4.60. The topological polar surface area (TPSA) is 22.0 Å². The fourth-order valence-electron chi connectivity index (χ4n) is 2.28. The summed E-state index contributed by atoms with van der Waals surface area (Å²) in [4.78, 5) is 12.0. The maximum atomic E-state index is 13.7. The molecule has 2 nitrogen and oxygen atoms in total. The van der Waals surface area contributed by atoms with Crippen molar-refractivity contribution in [2.24, 2.45) is 0 Å². The molecule has 0 saturated heterocycles. The first-order chi connectivity index (χ1) is 8.62. The zero-order valence-electron chi connectivity index (χ0n) is 10.7. The summed E-state index contributed by atoms with van der Waals surface area (Å²) < 4.78 is 15.7. The van der Waals surface area contributed by atoms with E-state index >= 15 is 0 Å². The molecule has 0 unspecified atom stereocenters. The van der Waals surface area contributed by atoms with Gasteiger partial charge in [-0.15, -0.1) is 0 Å². The summed E-state index contributed by atoms with van der Waals surface area (Å²) in [5.74, 6) is -0.401. The number of aryl methyl sites for hydroxylation is 2. The van der Waals surface area contributed by atoms with Gasteiger partial charge < -0.3 is 4.57 Å². The third-order valence-corrected chi connectivity index (χ3v) is 3.21. The molecular formula is C15H16FNO. The normalized spacial score (nSPS) is 10.8. The molecule has 0 N–H and O–H groups in total. The Kier molecular flexibility index (Phi) is 3.32. The second-order valence-electron chi connectivity index (χ2n) is 4.19. The predicted octanol–water partition coefficient (Wildman–Crippen LogP) is 3.37. The summed E-state index contributed by atoms with van der Waals surface area (Å²) in [6.45, 7) is 8.36. The molecule has 0 bridgehead atoms. The van der Waals surface area contributed by atoms with Gasteiger partial charge in [0.2, 0.25) is 0 Å². The van der Waals surface area contributed by atoms with Crippen molar-refractivity contribution in [3.05, 3.63) is 52.1 Å². The SMILES string of the molecule is C=Cc1cc2c(cc1F)c(=O)cc(CC)n2CC. The molecule has 0 aliphatic rings. The maximum Gasteiger partial charge on any atom is 0.189 e. The van der Waals surface area contributed by atoms with Crippen LogP contribution in [0.15, 0.2) is 29.6 Å². The van der Waals surface area contributed by atoms with E-state index in [1.165, 1.54) is 12.1 Å². The van der Waals surface area contributed by atoms with Crippen LogP contribution in [0.25, 0.3) is 17.0 Å². The average Bonchev–Trinajstić information content (AvgIpc) is 2.38. The minimum absolute atomic E-state index is 0.124. The van der Waals surface area contributed by atoms with Crippen LogP contribution < -0.4 is 5.43 Å². The van der Waals surface area contributed by atoms with Crippen molar-refractivity contribution in [1.82, 2.24) is 4.57 Å². The molecule has 1 aromatic carbocycles. The van der Waals surface area contributed by atoms with E-state index in [9.17, 15) is 9.18 Å². The minimum Gasteiger partial charge on any atom is -0.345 e. The Balaban J connectivity index is 2.96. The van der Waals surface area contributed by atoms with Crippen molar-refractivity contribution < 1.29 is 4.39 Å². The molecule has 0 saturated carbocycles. The van der Waals surface area contributed by atoms with E-state index in [-0.39, 0.29) is 5.43 Å². The molecule has 0 aliphatic heterocycles. The third-order valence-electron chi connectivity index (χ3n) is 3.21. The highest BCUT2D eigenvalue weighted by Crippen LogP contribution is 2.19. The van der Waals surface area contributed by atoms with E-state index in [0.29, 0.717) is 10.9 Å². The molecule has 18 heavy (non-hydrogen) atoms. The van der Waals surface area contributed by atoms with Crippen LogP contribution >= 0.6 is 0 Å². The fourth-order valence-corrected chi connectivity index (χ4v) is 2.28. The van der Waals surface area contributed by atoms with Gasteiger partial charge in [-0.2, -0.15) is 0 Å². The first-order valence-corrected chi connectivity index (χ1v) is 6.10. The lowest BCUT2D eigenvalue weighted by atomic mass is 10.1. The minimum atomic E-state index is -0.401. The van der Waals surface area contributed by atoms with Crippen LogP contribution in [0.2, 0.25) is 0 Å². The van der Waals surface area contributed by atoms with Crippen LogP contribution in [-0.4, -0.2) is 4.57 Å². The largest absolute Gasteiger partial charge is 0.345 e.